The number of pyridine rings is 1. The molecule has 0 amide bonds. The smallest absolute Gasteiger partial charge is 0.165 e. The summed E-state index contributed by atoms with van der Waals surface area (Å²) in [5, 5.41) is 15.8. The monoisotopic (exact) mass is 286 g/mol. The number of aromatic nitrogens is 5. The largest absolute Gasteiger partial charge is 0.300 e. The number of rotatable bonds is 4. The fourth-order valence-electron chi connectivity index (χ4n) is 2.85. The average Bonchev–Trinajstić information content (AvgIpc) is 2.87. The van der Waals surface area contributed by atoms with E-state index < -0.39 is 0 Å². The van der Waals surface area contributed by atoms with E-state index in [1.54, 1.807) is 0 Å². The molecular weight excluding hydrogens is 264 g/mol. The van der Waals surface area contributed by atoms with Crippen LogP contribution in [0.1, 0.15) is 51.4 Å². The second kappa shape index (κ2) is 5.18. The van der Waals surface area contributed by atoms with E-state index in [4.69, 9.17) is 0 Å². The van der Waals surface area contributed by atoms with Crippen molar-refractivity contribution in [3.8, 4) is 0 Å². The SMILES string of the molecule is CC(C)(C)n1nnnc1CNC1(c2ccncc2)CCC1. The Hall–Kier alpha value is -1.82. The summed E-state index contributed by atoms with van der Waals surface area (Å²) in [6.07, 6.45) is 7.26. The van der Waals surface area contributed by atoms with Gasteiger partial charge in [-0.15, -0.1) is 5.10 Å². The first-order chi connectivity index (χ1) is 10.0. The molecule has 6 heteroatoms. The van der Waals surface area contributed by atoms with Crippen LogP contribution in [0.15, 0.2) is 24.5 Å². The quantitative estimate of drug-likeness (QED) is 0.931. The van der Waals surface area contributed by atoms with Gasteiger partial charge in [0.25, 0.3) is 0 Å². The minimum absolute atomic E-state index is 0.0532. The summed E-state index contributed by atoms with van der Waals surface area (Å²) >= 11 is 0. The molecule has 0 saturated heterocycles. The molecule has 21 heavy (non-hydrogen) atoms. The van der Waals surface area contributed by atoms with Crippen molar-refractivity contribution in [3.05, 3.63) is 35.9 Å². The Bertz CT molecular complexity index is 594. The standard InChI is InChI=1S/C15H22N6/c1-14(2,3)21-13(18-19-20-21)11-17-15(7-4-8-15)12-5-9-16-10-6-12/h5-6,9-10,17H,4,7-8,11H2,1-3H3. The third kappa shape index (κ3) is 2.68. The van der Waals surface area contributed by atoms with Gasteiger partial charge in [0.15, 0.2) is 5.82 Å². The van der Waals surface area contributed by atoms with E-state index in [-0.39, 0.29) is 11.1 Å². The second-order valence-electron chi connectivity index (χ2n) is 6.70. The first kappa shape index (κ1) is 14.1. The Kier molecular flexibility index (Phi) is 3.49. The first-order valence-electron chi connectivity index (χ1n) is 7.45. The summed E-state index contributed by atoms with van der Waals surface area (Å²) in [5.74, 6) is 0.878. The van der Waals surface area contributed by atoms with Crippen LogP contribution in [0.4, 0.5) is 0 Å². The molecule has 3 rings (SSSR count). The van der Waals surface area contributed by atoms with Crippen LogP contribution in [0.25, 0.3) is 0 Å². The highest BCUT2D eigenvalue weighted by atomic mass is 15.6. The van der Waals surface area contributed by atoms with Gasteiger partial charge in [0.2, 0.25) is 0 Å². The molecule has 0 bridgehead atoms. The number of tetrazole rings is 1. The predicted octanol–water partition coefficient (Wildman–Crippen LogP) is 1.99. The van der Waals surface area contributed by atoms with Gasteiger partial charge >= 0.3 is 0 Å². The lowest BCUT2D eigenvalue weighted by Gasteiger charge is -2.43. The average molecular weight is 286 g/mol. The highest BCUT2D eigenvalue weighted by molar-refractivity contribution is 5.24. The Labute approximate surface area is 125 Å². The molecule has 0 spiro atoms. The van der Waals surface area contributed by atoms with Crippen LogP contribution < -0.4 is 5.32 Å². The molecular formula is C15H22N6. The zero-order chi connectivity index (χ0) is 14.9. The summed E-state index contributed by atoms with van der Waals surface area (Å²) in [5.41, 5.74) is 1.25. The topological polar surface area (TPSA) is 68.5 Å². The molecule has 1 aliphatic carbocycles. The number of hydrogen-bond acceptors (Lipinski definition) is 5. The molecule has 0 radical (unpaired) electrons. The van der Waals surface area contributed by atoms with E-state index in [0.29, 0.717) is 6.54 Å². The number of nitrogens with zero attached hydrogens (tertiary/aromatic N) is 5. The molecule has 1 aliphatic rings. The molecule has 1 saturated carbocycles. The van der Waals surface area contributed by atoms with Crippen molar-refractivity contribution >= 4 is 0 Å². The number of nitrogens with one attached hydrogen (secondary N) is 1. The first-order valence-corrected chi connectivity index (χ1v) is 7.45. The van der Waals surface area contributed by atoms with Gasteiger partial charge < -0.3 is 5.32 Å². The molecule has 0 aromatic carbocycles. The maximum atomic E-state index is 4.16. The van der Waals surface area contributed by atoms with E-state index in [9.17, 15) is 0 Å². The maximum Gasteiger partial charge on any atom is 0.165 e. The summed E-state index contributed by atoms with van der Waals surface area (Å²) in [4.78, 5) is 4.11. The molecule has 112 valence electrons. The zero-order valence-corrected chi connectivity index (χ0v) is 12.9. The van der Waals surface area contributed by atoms with Crippen molar-refractivity contribution in [3.63, 3.8) is 0 Å². The van der Waals surface area contributed by atoms with Gasteiger partial charge in [-0.25, -0.2) is 4.68 Å². The fraction of sp³-hybridized carbons (Fsp3) is 0.600. The molecule has 2 aromatic heterocycles. The molecule has 1 fully saturated rings. The van der Waals surface area contributed by atoms with Crippen LogP contribution in [0.5, 0.6) is 0 Å². The molecule has 2 aromatic rings. The van der Waals surface area contributed by atoms with Crippen molar-refractivity contribution in [1.82, 2.24) is 30.5 Å². The van der Waals surface area contributed by atoms with Crippen LogP contribution in [-0.2, 0) is 17.6 Å². The second-order valence-corrected chi connectivity index (χ2v) is 6.70. The van der Waals surface area contributed by atoms with Gasteiger partial charge in [0.1, 0.15) is 0 Å². The minimum Gasteiger partial charge on any atom is -0.300 e. The lowest BCUT2D eigenvalue weighted by atomic mass is 9.72. The molecule has 0 unspecified atom stereocenters. The summed E-state index contributed by atoms with van der Waals surface area (Å²) in [7, 11) is 0. The Morgan fingerprint density at radius 3 is 2.52 bits per heavy atom. The van der Waals surface area contributed by atoms with Gasteiger partial charge in [0, 0.05) is 17.9 Å². The highest BCUT2D eigenvalue weighted by Crippen LogP contribution is 2.41. The van der Waals surface area contributed by atoms with Gasteiger partial charge in [0.05, 0.1) is 12.1 Å². The van der Waals surface area contributed by atoms with Crippen molar-refractivity contribution in [2.45, 2.75) is 57.7 Å². The molecule has 0 aliphatic heterocycles. The van der Waals surface area contributed by atoms with Crippen LogP contribution in [0.3, 0.4) is 0 Å². The van der Waals surface area contributed by atoms with Gasteiger partial charge in [-0.1, -0.05) is 0 Å². The van der Waals surface area contributed by atoms with E-state index in [2.05, 4.69) is 58.7 Å². The van der Waals surface area contributed by atoms with E-state index in [1.807, 2.05) is 17.1 Å². The minimum atomic E-state index is -0.107. The van der Waals surface area contributed by atoms with Crippen LogP contribution in [0, 0.1) is 0 Å². The van der Waals surface area contributed by atoms with E-state index in [0.717, 1.165) is 18.7 Å². The summed E-state index contributed by atoms with van der Waals surface area (Å²) < 4.78 is 1.89. The number of hydrogen-bond donors (Lipinski definition) is 1. The summed E-state index contributed by atoms with van der Waals surface area (Å²) in [6, 6.07) is 4.19. The van der Waals surface area contributed by atoms with Gasteiger partial charge in [-0.05, 0) is 68.2 Å². The molecule has 6 nitrogen and oxygen atoms in total. The third-order valence-corrected chi connectivity index (χ3v) is 4.19. The normalized spacial score (nSPS) is 17.5. The lowest BCUT2D eigenvalue weighted by molar-refractivity contribution is 0.178. The fourth-order valence-corrected chi connectivity index (χ4v) is 2.85. The van der Waals surface area contributed by atoms with E-state index in [1.165, 1.54) is 12.0 Å². The summed E-state index contributed by atoms with van der Waals surface area (Å²) in [6.45, 7) is 6.99. The zero-order valence-electron chi connectivity index (χ0n) is 12.9. The van der Waals surface area contributed by atoms with Crippen molar-refractivity contribution in [2.24, 2.45) is 0 Å². The molecule has 2 heterocycles. The Morgan fingerprint density at radius 2 is 1.95 bits per heavy atom. The van der Waals surface area contributed by atoms with Gasteiger partial charge in [-0.2, -0.15) is 0 Å². The van der Waals surface area contributed by atoms with Gasteiger partial charge in [-0.3, -0.25) is 4.98 Å². The van der Waals surface area contributed by atoms with Crippen molar-refractivity contribution in [2.75, 3.05) is 0 Å². The van der Waals surface area contributed by atoms with Crippen molar-refractivity contribution in [1.29, 1.82) is 0 Å². The van der Waals surface area contributed by atoms with Crippen LogP contribution in [0.2, 0.25) is 0 Å². The Balaban J connectivity index is 1.77. The predicted molar refractivity (Wildman–Crippen MR) is 79.4 cm³/mol. The lowest BCUT2D eigenvalue weighted by Crippen LogP contribution is -2.48. The van der Waals surface area contributed by atoms with Crippen molar-refractivity contribution < 1.29 is 0 Å². The molecule has 1 N–H and O–H groups in total. The van der Waals surface area contributed by atoms with Crippen LogP contribution in [-0.4, -0.2) is 25.2 Å². The van der Waals surface area contributed by atoms with Crippen LogP contribution >= 0.6 is 0 Å². The molecule has 0 atom stereocenters. The van der Waals surface area contributed by atoms with E-state index >= 15 is 0 Å². The third-order valence-electron chi connectivity index (χ3n) is 4.19. The Morgan fingerprint density at radius 1 is 1.24 bits per heavy atom. The maximum absolute atomic E-state index is 4.16. The highest BCUT2D eigenvalue weighted by Gasteiger charge is 2.38.